The second kappa shape index (κ2) is 7.37. The average molecular weight is 479 g/mol. The van der Waals surface area contributed by atoms with E-state index in [2.05, 4.69) is 20.4 Å². The van der Waals surface area contributed by atoms with Gasteiger partial charge in [-0.25, -0.2) is 4.79 Å². The Kier molecular flexibility index (Phi) is 4.87. The van der Waals surface area contributed by atoms with Crippen LogP contribution in [0.3, 0.4) is 0 Å². The number of aliphatic hydroxyl groups excluding tert-OH is 1. The van der Waals surface area contributed by atoms with Crippen molar-refractivity contribution in [3.63, 3.8) is 0 Å². The Morgan fingerprint density at radius 1 is 1.20 bits per heavy atom. The number of fused-ring (bicyclic) bond motifs is 2. The van der Waals surface area contributed by atoms with E-state index < -0.39 is 40.7 Å². The molecule has 6 heteroatoms. The van der Waals surface area contributed by atoms with Crippen LogP contribution in [-0.4, -0.2) is 46.6 Å². The van der Waals surface area contributed by atoms with E-state index >= 15 is 0 Å². The lowest BCUT2D eigenvalue weighted by Gasteiger charge is -2.73. The summed E-state index contributed by atoms with van der Waals surface area (Å²) in [6.07, 6.45) is 4.96. The third-order valence-electron chi connectivity index (χ3n) is 10.2. The fraction of sp³-hybridized carbons (Fsp3) is 0.586. The molecule has 6 aliphatic rings. The lowest BCUT2D eigenvalue weighted by Crippen LogP contribution is -2.83. The van der Waals surface area contributed by atoms with Crippen molar-refractivity contribution in [2.45, 2.75) is 63.9 Å². The number of Topliss-reactive ketones (excluding diaryl/α,β-unsaturated/α-hetero) is 1. The fourth-order valence-electron chi connectivity index (χ4n) is 9.02. The monoisotopic (exact) mass is 478 g/mol. The number of hydrogen-bond acceptors (Lipinski definition) is 6. The van der Waals surface area contributed by atoms with E-state index in [0.29, 0.717) is 25.0 Å². The standard InChI is InChI=1S/C29H34O6/c1-17-19-11-12-20-27-15-7-14-26(2,3)22(27)24(32)29(33,34-16-27)28(20,23(17)31)25(19)35-21(30)13-10-18-8-5-4-6-9-18/h4-6,8-10,13,19-20,22,24-25,32-33H,1,7,11-12,14-16H2,2-3H3/b13-10+/t19-,20-,22+,24-,25+,27+,28-,29+/m0/s1. The molecule has 8 atom stereocenters. The summed E-state index contributed by atoms with van der Waals surface area (Å²) in [5.41, 5.74) is -0.978. The van der Waals surface area contributed by atoms with Crippen LogP contribution in [0.1, 0.15) is 51.5 Å². The molecule has 2 saturated heterocycles. The van der Waals surface area contributed by atoms with Crippen molar-refractivity contribution < 1.29 is 29.3 Å². The Bertz CT molecular complexity index is 1120. The third kappa shape index (κ3) is 2.71. The topological polar surface area (TPSA) is 93.1 Å². The summed E-state index contributed by atoms with van der Waals surface area (Å²) < 4.78 is 12.2. The van der Waals surface area contributed by atoms with Gasteiger partial charge in [0.2, 0.25) is 5.79 Å². The van der Waals surface area contributed by atoms with Crippen molar-refractivity contribution in [2.24, 2.45) is 34.0 Å². The molecule has 6 fully saturated rings. The molecule has 4 aliphatic carbocycles. The van der Waals surface area contributed by atoms with Crippen LogP contribution in [0.2, 0.25) is 0 Å². The van der Waals surface area contributed by atoms with Gasteiger partial charge in [-0.05, 0) is 54.2 Å². The molecule has 2 N–H and O–H groups in total. The summed E-state index contributed by atoms with van der Waals surface area (Å²) in [4.78, 5) is 27.1. The Hall–Kier alpha value is -2.28. The van der Waals surface area contributed by atoms with Gasteiger partial charge in [-0.1, -0.05) is 57.2 Å². The van der Waals surface area contributed by atoms with Gasteiger partial charge in [-0.2, -0.15) is 0 Å². The first kappa shape index (κ1) is 23.1. The highest BCUT2D eigenvalue weighted by Gasteiger charge is 2.86. The van der Waals surface area contributed by atoms with Crippen LogP contribution in [0.15, 0.2) is 48.6 Å². The smallest absolute Gasteiger partial charge is 0.331 e. The Labute approximate surface area is 206 Å². The average Bonchev–Trinajstić information content (AvgIpc) is 2.94. The molecule has 7 rings (SSSR count). The molecule has 35 heavy (non-hydrogen) atoms. The number of ketones is 1. The Morgan fingerprint density at radius 2 is 1.94 bits per heavy atom. The molecule has 0 amide bonds. The molecule has 1 aromatic carbocycles. The summed E-state index contributed by atoms with van der Waals surface area (Å²) in [6.45, 7) is 8.67. The van der Waals surface area contributed by atoms with Gasteiger partial charge >= 0.3 is 5.97 Å². The number of carbonyl (C=O) groups excluding carboxylic acids is 2. The van der Waals surface area contributed by atoms with E-state index in [1.165, 1.54) is 6.08 Å². The van der Waals surface area contributed by atoms with Crippen LogP contribution in [-0.2, 0) is 19.1 Å². The van der Waals surface area contributed by atoms with Crippen LogP contribution < -0.4 is 0 Å². The van der Waals surface area contributed by atoms with Gasteiger partial charge in [0.15, 0.2) is 5.78 Å². The molecule has 0 unspecified atom stereocenters. The van der Waals surface area contributed by atoms with Gasteiger partial charge in [0, 0.05) is 23.3 Å². The highest BCUT2D eigenvalue weighted by atomic mass is 16.6. The number of carbonyl (C=O) groups is 2. The molecule has 1 aromatic rings. The minimum atomic E-state index is -2.12. The summed E-state index contributed by atoms with van der Waals surface area (Å²) in [5.74, 6) is -3.85. The molecule has 4 saturated carbocycles. The van der Waals surface area contributed by atoms with Crippen LogP contribution in [0.5, 0.6) is 0 Å². The second-order valence-electron chi connectivity index (χ2n) is 12.0. The number of aliphatic hydroxyl groups is 2. The molecule has 2 heterocycles. The SMILES string of the molecule is C=C1C(=O)[C@]23[C@H](OC(=O)/C=C/c4ccccc4)[C@H]1CC[C@H]2[C@]12CCCC(C)(C)[C@H]1[C@H](O)[C@@]3(O)OC2. The molecule has 2 spiro atoms. The van der Waals surface area contributed by atoms with E-state index in [9.17, 15) is 19.8 Å². The number of rotatable bonds is 3. The molecule has 0 aromatic heterocycles. The number of benzene rings is 1. The maximum atomic E-state index is 14.0. The third-order valence-corrected chi connectivity index (χ3v) is 10.2. The van der Waals surface area contributed by atoms with Gasteiger partial charge in [0.1, 0.15) is 17.6 Å². The maximum absolute atomic E-state index is 14.0. The summed E-state index contributed by atoms with van der Waals surface area (Å²) in [5, 5.41) is 23.9. The molecular formula is C29H34O6. The van der Waals surface area contributed by atoms with E-state index in [1.54, 1.807) is 6.08 Å². The lowest BCUT2D eigenvalue weighted by molar-refractivity contribution is -0.448. The highest BCUT2D eigenvalue weighted by Crippen LogP contribution is 2.76. The highest BCUT2D eigenvalue weighted by molar-refractivity contribution is 6.05. The van der Waals surface area contributed by atoms with Crippen molar-refractivity contribution >= 4 is 17.8 Å². The minimum Gasteiger partial charge on any atom is -0.457 e. The van der Waals surface area contributed by atoms with Gasteiger partial charge < -0.3 is 19.7 Å². The molecule has 186 valence electrons. The van der Waals surface area contributed by atoms with Gasteiger partial charge in [0.25, 0.3) is 0 Å². The number of hydrogen-bond donors (Lipinski definition) is 2. The molecule has 2 aliphatic heterocycles. The van der Waals surface area contributed by atoms with Crippen molar-refractivity contribution in [3.05, 3.63) is 54.1 Å². The molecule has 6 nitrogen and oxygen atoms in total. The zero-order chi connectivity index (χ0) is 24.8. The Balaban J connectivity index is 1.44. The molecule has 0 radical (unpaired) electrons. The fourth-order valence-corrected chi connectivity index (χ4v) is 9.02. The van der Waals surface area contributed by atoms with Gasteiger partial charge in [0.05, 0.1) is 6.61 Å². The number of ether oxygens (including phenoxy) is 2. The predicted octanol–water partition coefficient (Wildman–Crippen LogP) is 3.67. The minimum absolute atomic E-state index is 0.203. The summed E-state index contributed by atoms with van der Waals surface area (Å²) in [7, 11) is 0. The van der Waals surface area contributed by atoms with Crippen LogP contribution in [0.4, 0.5) is 0 Å². The van der Waals surface area contributed by atoms with E-state index in [0.717, 1.165) is 24.8 Å². The summed E-state index contributed by atoms with van der Waals surface area (Å²) in [6, 6.07) is 9.42. The van der Waals surface area contributed by atoms with Crippen molar-refractivity contribution in [1.82, 2.24) is 0 Å². The molecular weight excluding hydrogens is 444 g/mol. The maximum Gasteiger partial charge on any atom is 0.331 e. The first-order valence-electron chi connectivity index (χ1n) is 12.8. The first-order chi connectivity index (χ1) is 16.6. The van der Waals surface area contributed by atoms with Gasteiger partial charge in [-0.15, -0.1) is 0 Å². The van der Waals surface area contributed by atoms with E-state index in [-0.39, 0.29) is 23.0 Å². The van der Waals surface area contributed by atoms with Crippen molar-refractivity contribution in [1.29, 1.82) is 0 Å². The van der Waals surface area contributed by atoms with Gasteiger partial charge in [-0.3, -0.25) is 4.79 Å². The normalized spacial score (nSPS) is 45.3. The Morgan fingerprint density at radius 3 is 2.69 bits per heavy atom. The van der Waals surface area contributed by atoms with Crippen LogP contribution >= 0.6 is 0 Å². The lowest BCUT2D eigenvalue weighted by atomic mass is 9.36. The van der Waals surface area contributed by atoms with Crippen molar-refractivity contribution in [2.75, 3.05) is 6.61 Å². The van der Waals surface area contributed by atoms with E-state index in [1.807, 2.05) is 30.3 Å². The molecule has 4 bridgehead atoms. The number of esters is 1. The zero-order valence-electron chi connectivity index (χ0n) is 20.4. The van der Waals surface area contributed by atoms with Crippen molar-refractivity contribution in [3.8, 4) is 0 Å². The van der Waals surface area contributed by atoms with Crippen LogP contribution in [0, 0.1) is 34.0 Å². The summed E-state index contributed by atoms with van der Waals surface area (Å²) >= 11 is 0. The second-order valence-corrected chi connectivity index (χ2v) is 12.0. The zero-order valence-corrected chi connectivity index (χ0v) is 20.4. The first-order valence-corrected chi connectivity index (χ1v) is 12.8. The quantitative estimate of drug-likeness (QED) is 0.509. The predicted molar refractivity (Wildman–Crippen MR) is 129 cm³/mol. The van der Waals surface area contributed by atoms with E-state index in [4.69, 9.17) is 9.47 Å². The largest absolute Gasteiger partial charge is 0.457 e. The van der Waals surface area contributed by atoms with Crippen LogP contribution in [0.25, 0.3) is 6.08 Å².